The first-order valence-electron chi connectivity index (χ1n) is 10.4. The Morgan fingerprint density at radius 2 is 1.66 bits per heavy atom. The number of carbonyl (C=O) groups excluding carboxylic acids is 1. The fraction of sp³-hybridized carbons (Fsp3) is 0.208. The quantitative estimate of drug-likeness (QED) is 0.405. The second-order valence-electron chi connectivity index (χ2n) is 7.57. The molecule has 5 aromatic rings. The van der Waals surface area contributed by atoms with Gasteiger partial charge in [0, 0.05) is 12.2 Å². The predicted molar refractivity (Wildman–Crippen MR) is 122 cm³/mol. The minimum absolute atomic E-state index is 0.131. The van der Waals surface area contributed by atoms with Crippen molar-refractivity contribution >= 4 is 39.2 Å². The van der Waals surface area contributed by atoms with Crippen LogP contribution in [0.3, 0.4) is 0 Å². The second kappa shape index (κ2) is 7.56. The van der Waals surface area contributed by atoms with E-state index in [2.05, 4.69) is 0 Å². The summed E-state index contributed by atoms with van der Waals surface area (Å²) in [6.45, 7) is 4.43. The zero-order chi connectivity index (χ0) is 22.4. The van der Waals surface area contributed by atoms with Crippen LogP contribution in [0.5, 0.6) is 0 Å². The molecular formula is C24H21N5O3. The van der Waals surface area contributed by atoms with Crippen LogP contribution in [0, 0.1) is 6.92 Å². The Bertz CT molecular complexity index is 1570. The highest BCUT2D eigenvalue weighted by atomic mass is 16.5. The minimum Gasteiger partial charge on any atom is -0.465 e. The van der Waals surface area contributed by atoms with Crippen molar-refractivity contribution in [2.24, 2.45) is 0 Å². The van der Waals surface area contributed by atoms with Crippen LogP contribution in [0.15, 0.2) is 53.3 Å². The Morgan fingerprint density at radius 3 is 2.31 bits per heavy atom. The molecule has 5 rings (SSSR count). The first kappa shape index (κ1) is 19.9. The first-order valence-corrected chi connectivity index (χ1v) is 10.4. The topological polar surface area (TPSA) is 91.9 Å². The number of aryl methyl sites for hydroxylation is 1. The highest BCUT2D eigenvalue weighted by Gasteiger charge is 2.22. The maximum absolute atomic E-state index is 13.5. The molecule has 160 valence electrons. The van der Waals surface area contributed by atoms with Gasteiger partial charge < -0.3 is 4.74 Å². The summed E-state index contributed by atoms with van der Waals surface area (Å²) >= 11 is 0. The zero-order valence-electron chi connectivity index (χ0n) is 18.0. The van der Waals surface area contributed by atoms with E-state index in [0.29, 0.717) is 45.6 Å². The maximum atomic E-state index is 13.5. The van der Waals surface area contributed by atoms with Gasteiger partial charge >= 0.3 is 5.97 Å². The molecule has 2 aromatic carbocycles. The normalized spacial score (nSPS) is 11.5. The molecule has 0 amide bonds. The zero-order valence-corrected chi connectivity index (χ0v) is 18.0. The number of benzene rings is 2. The molecule has 0 aliphatic rings. The first-order chi connectivity index (χ1) is 15.5. The Balaban J connectivity index is 1.91. The Hall–Kier alpha value is -4.07. The van der Waals surface area contributed by atoms with Gasteiger partial charge in [-0.25, -0.2) is 19.7 Å². The lowest BCUT2D eigenvalue weighted by molar-refractivity contribution is 0.0600. The van der Waals surface area contributed by atoms with Crippen LogP contribution in [0.4, 0.5) is 0 Å². The third kappa shape index (κ3) is 2.95. The average Bonchev–Trinajstić information content (AvgIpc) is 3.12. The van der Waals surface area contributed by atoms with E-state index in [4.69, 9.17) is 19.7 Å². The molecule has 0 saturated carbocycles. The smallest absolute Gasteiger partial charge is 0.337 e. The predicted octanol–water partition coefficient (Wildman–Crippen LogP) is 3.79. The van der Waals surface area contributed by atoms with Gasteiger partial charge in [-0.1, -0.05) is 19.1 Å². The molecule has 0 bridgehead atoms. The molecule has 32 heavy (non-hydrogen) atoms. The summed E-state index contributed by atoms with van der Waals surface area (Å²) in [5.41, 5.74) is 4.01. The number of fused-ring (bicyclic) bond motifs is 4. The minimum atomic E-state index is -0.416. The summed E-state index contributed by atoms with van der Waals surface area (Å²) in [7, 11) is 1.35. The van der Waals surface area contributed by atoms with E-state index < -0.39 is 5.97 Å². The van der Waals surface area contributed by atoms with Gasteiger partial charge in [0.15, 0.2) is 11.3 Å². The third-order valence-corrected chi connectivity index (χ3v) is 5.55. The molecule has 0 N–H and O–H groups in total. The molecule has 3 aromatic heterocycles. The average molecular weight is 427 g/mol. The summed E-state index contributed by atoms with van der Waals surface area (Å²) in [5, 5.41) is 0.439. The van der Waals surface area contributed by atoms with Crippen molar-refractivity contribution in [3.63, 3.8) is 0 Å². The lowest BCUT2D eigenvalue weighted by atomic mass is 10.2. The third-order valence-electron chi connectivity index (χ3n) is 5.55. The van der Waals surface area contributed by atoms with Crippen molar-refractivity contribution in [3.8, 4) is 5.69 Å². The summed E-state index contributed by atoms with van der Waals surface area (Å²) in [5.74, 6) is 0.213. The van der Waals surface area contributed by atoms with E-state index in [-0.39, 0.29) is 5.56 Å². The largest absolute Gasteiger partial charge is 0.465 e. The Morgan fingerprint density at radius 1 is 0.969 bits per heavy atom. The van der Waals surface area contributed by atoms with Crippen molar-refractivity contribution in [2.75, 3.05) is 7.11 Å². The number of aromatic nitrogens is 5. The number of para-hydroxylation sites is 2. The molecule has 3 heterocycles. The highest BCUT2D eigenvalue weighted by molar-refractivity contribution is 6.06. The van der Waals surface area contributed by atoms with Gasteiger partial charge in [-0.2, -0.15) is 0 Å². The summed E-state index contributed by atoms with van der Waals surface area (Å²) < 4.78 is 8.31. The van der Waals surface area contributed by atoms with E-state index in [1.165, 1.54) is 7.11 Å². The molecule has 0 aliphatic carbocycles. The van der Waals surface area contributed by atoms with Crippen LogP contribution >= 0.6 is 0 Å². The van der Waals surface area contributed by atoms with E-state index in [0.717, 1.165) is 17.6 Å². The van der Waals surface area contributed by atoms with Gasteiger partial charge in [-0.3, -0.25) is 13.9 Å². The van der Waals surface area contributed by atoms with Crippen LogP contribution < -0.4 is 5.56 Å². The lowest BCUT2D eigenvalue weighted by Crippen LogP contribution is -2.24. The van der Waals surface area contributed by atoms with Gasteiger partial charge in [0.2, 0.25) is 0 Å². The number of nitrogens with zero attached hydrogens (tertiary/aromatic N) is 5. The van der Waals surface area contributed by atoms with Gasteiger partial charge in [0.05, 0.1) is 23.7 Å². The Kier molecular flexibility index (Phi) is 4.70. The fourth-order valence-electron chi connectivity index (χ4n) is 4.03. The molecule has 0 radical (unpaired) electrons. The van der Waals surface area contributed by atoms with Crippen molar-refractivity contribution in [1.29, 1.82) is 0 Å². The van der Waals surface area contributed by atoms with Crippen LogP contribution in [-0.4, -0.2) is 37.2 Å². The summed E-state index contributed by atoms with van der Waals surface area (Å²) in [4.78, 5) is 39.8. The number of carbonyl (C=O) groups is 1. The van der Waals surface area contributed by atoms with Crippen LogP contribution in [0.2, 0.25) is 0 Å². The Labute approximate surface area is 183 Å². The monoisotopic (exact) mass is 427 g/mol. The molecule has 0 atom stereocenters. The molecule has 0 aliphatic heterocycles. The van der Waals surface area contributed by atoms with Crippen LogP contribution in [-0.2, 0) is 11.3 Å². The van der Waals surface area contributed by atoms with E-state index >= 15 is 0 Å². The standard InChI is InChI=1S/C24H21N5O3/c1-4-13-28-14(2)25-21-19(23(28)30)20-22(27-18-8-6-5-7-17(18)26-20)29(21)16-11-9-15(10-12-16)24(31)32-3/h5-12H,4,13H2,1-3H3. The maximum Gasteiger partial charge on any atom is 0.337 e. The lowest BCUT2D eigenvalue weighted by Gasteiger charge is -2.10. The van der Waals surface area contributed by atoms with Crippen molar-refractivity contribution < 1.29 is 9.53 Å². The van der Waals surface area contributed by atoms with Crippen LogP contribution in [0.1, 0.15) is 29.5 Å². The molecule has 0 unspecified atom stereocenters. The van der Waals surface area contributed by atoms with Gasteiger partial charge in [-0.15, -0.1) is 0 Å². The molecule has 0 saturated heterocycles. The van der Waals surface area contributed by atoms with Crippen molar-refractivity contribution in [1.82, 2.24) is 24.1 Å². The fourth-order valence-corrected chi connectivity index (χ4v) is 4.03. The number of hydrogen-bond donors (Lipinski definition) is 0. The molecular weight excluding hydrogens is 406 g/mol. The van der Waals surface area contributed by atoms with Crippen molar-refractivity contribution in [3.05, 3.63) is 70.3 Å². The van der Waals surface area contributed by atoms with Crippen LogP contribution in [0.25, 0.3) is 38.9 Å². The molecule has 0 spiro atoms. The van der Waals surface area contributed by atoms with Gasteiger partial charge in [0.1, 0.15) is 16.7 Å². The molecule has 8 heteroatoms. The summed E-state index contributed by atoms with van der Waals surface area (Å²) in [6, 6.07) is 14.5. The number of ether oxygens (including phenoxy) is 1. The van der Waals surface area contributed by atoms with Gasteiger partial charge in [0.25, 0.3) is 5.56 Å². The molecule has 0 fully saturated rings. The number of esters is 1. The van der Waals surface area contributed by atoms with E-state index in [1.807, 2.05) is 42.7 Å². The second-order valence-corrected chi connectivity index (χ2v) is 7.57. The summed E-state index contributed by atoms with van der Waals surface area (Å²) in [6.07, 6.45) is 0.816. The van der Waals surface area contributed by atoms with Gasteiger partial charge in [-0.05, 0) is 49.7 Å². The van der Waals surface area contributed by atoms with E-state index in [1.54, 1.807) is 28.8 Å². The molecule has 8 nitrogen and oxygen atoms in total. The van der Waals surface area contributed by atoms with E-state index in [9.17, 15) is 9.59 Å². The number of methoxy groups -OCH3 is 1. The number of rotatable bonds is 4. The SMILES string of the molecule is CCCn1c(C)nc2c(c1=O)c1nc3ccccc3nc1n2-c1ccc(C(=O)OC)cc1. The highest BCUT2D eigenvalue weighted by Crippen LogP contribution is 2.28. The number of hydrogen-bond acceptors (Lipinski definition) is 6. The van der Waals surface area contributed by atoms with Crippen molar-refractivity contribution in [2.45, 2.75) is 26.8 Å².